The third-order valence-electron chi connectivity index (χ3n) is 2.78. The number of benzene rings is 2. The quantitative estimate of drug-likeness (QED) is 0.798. The Bertz CT molecular complexity index is 667. The van der Waals surface area contributed by atoms with Gasteiger partial charge in [0.15, 0.2) is 0 Å². The van der Waals surface area contributed by atoms with Crippen molar-refractivity contribution in [3.05, 3.63) is 54.6 Å². The van der Waals surface area contributed by atoms with Gasteiger partial charge in [0.05, 0.1) is 11.4 Å². The summed E-state index contributed by atoms with van der Waals surface area (Å²) < 4.78 is 0. The topological polar surface area (TPSA) is 62.1 Å². The lowest BCUT2D eigenvalue weighted by Gasteiger charge is -2.18. The van der Waals surface area contributed by atoms with Crippen molar-refractivity contribution in [2.45, 2.75) is 13.8 Å². The molecule has 0 atom stereocenters. The van der Waals surface area contributed by atoms with Gasteiger partial charge in [0.2, 0.25) is 11.8 Å². The van der Waals surface area contributed by atoms with Gasteiger partial charge < -0.3 is 0 Å². The molecule has 5 heteroatoms. The Morgan fingerprint density at radius 3 is 2.00 bits per heavy atom. The zero-order valence-corrected chi connectivity index (χ0v) is 11.9. The average molecular weight is 281 g/mol. The lowest BCUT2D eigenvalue weighted by atomic mass is 10.2. The smallest absolute Gasteiger partial charge is 0.230 e. The Kier molecular flexibility index (Phi) is 4.56. The highest BCUT2D eigenvalue weighted by Gasteiger charge is 2.19. The molecule has 0 saturated carbocycles. The minimum Gasteiger partial charge on any atom is -0.274 e. The summed E-state index contributed by atoms with van der Waals surface area (Å²) >= 11 is 0. The summed E-state index contributed by atoms with van der Waals surface area (Å²) in [4.78, 5) is 24.4. The van der Waals surface area contributed by atoms with Crippen LogP contribution in [-0.4, -0.2) is 11.8 Å². The predicted molar refractivity (Wildman–Crippen MR) is 80.9 cm³/mol. The molecule has 0 aliphatic rings. The van der Waals surface area contributed by atoms with Crippen LogP contribution in [0.25, 0.3) is 0 Å². The first kappa shape index (κ1) is 14.6. The predicted octanol–water partition coefficient (Wildman–Crippen LogP) is 4.00. The Balaban J connectivity index is 2.39. The fraction of sp³-hybridized carbons (Fsp3) is 0.125. The number of imide groups is 1. The first-order valence-corrected chi connectivity index (χ1v) is 6.46. The first-order chi connectivity index (χ1) is 10.1. The highest BCUT2D eigenvalue weighted by Crippen LogP contribution is 2.30. The van der Waals surface area contributed by atoms with Crippen LogP contribution in [0.4, 0.5) is 17.1 Å². The third kappa shape index (κ3) is 3.60. The second kappa shape index (κ2) is 6.56. The van der Waals surface area contributed by atoms with Crippen molar-refractivity contribution in [3.8, 4) is 0 Å². The maximum absolute atomic E-state index is 11.6. The average Bonchev–Trinajstić information content (AvgIpc) is 2.47. The number of hydrogen-bond acceptors (Lipinski definition) is 4. The van der Waals surface area contributed by atoms with Crippen LogP contribution in [0.2, 0.25) is 0 Å². The molecule has 106 valence electrons. The summed E-state index contributed by atoms with van der Waals surface area (Å²) in [6, 6.07) is 16.1. The molecule has 2 aromatic carbocycles. The fourth-order valence-electron chi connectivity index (χ4n) is 1.91. The van der Waals surface area contributed by atoms with E-state index in [9.17, 15) is 9.59 Å². The number of para-hydroxylation sites is 1. The van der Waals surface area contributed by atoms with Crippen molar-refractivity contribution in [2.75, 3.05) is 4.90 Å². The van der Waals surface area contributed by atoms with Gasteiger partial charge in [0.1, 0.15) is 5.69 Å². The van der Waals surface area contributed by atoms with Crippen LogP contribution in [0.15, 0.2) is 64.8 Å². The molecule has 0 aliphatic heterocycles. The Labute approximate surface area is 122 Å². The van der Waals surface area contributed by atoms with Crippen LogP contribution in [0.5, 0.6) is 0 Å². The van der Waals surface area contributed by atoms with Crippen molar-refractivity contribution in [2.24, 2.45) is 10.2 Å². The lowest BCUT2D eigenvalue weighted by molar-refractivity contribution is -0.124. The molecule has 0 aromatic heterocycles. The maximum atomic E-state index is 11.6. The van der Waals surface area contributed by atoms with Gasteiger partial charge in [-0.2, -0.15) is 5.11 Å². The molecular formula is C16H15N3O2. The normalized spacial score (nSPS) is 10.6. The lowest BCUT2D eigenvalue weighted by Crippen LogP contribution is -2.33. The van der Waals surface area contributed by atoms with Crippen LogP contribution >= 0.6 is 0 Å². The third-order valence-corrected chi connectivity index (χ3v) is 2.78. The van der Waals surface area contributed by atoms with Gasteiger partial charge >= 0.3 is 0 Å². The number of azo groups is 1. The number of anilines is 1. The minimum absolute atomic E-state index is 0.357. The summed E-state index contributed by atoms with van der Waals surface area (Å²) in [6.07, 6.45) is 0. The Morgan fingerprint density at radius 2 is 1.38 bits per heavy atom. The van der Waals surface area contributed by atoms with E-state index < -0.39 is 0 Å². The van der Waals surface area contributed by atoms with E-state index in [0.29, 0.717) is 17.1 Å². The van der Waals surface area contributed by atoms with Crippen LogP contribution in [-0.2, 0) is 9.59 Å². The van der Waals surface area contributed by atoms with Crippen molar-refractivity contribution in [3.63, 3.8) is 0 Å². The zero-order valence-electron chi connectivity index (χ0n) is 11.9. The fourth-order valence-corrected chi connectivity index (χ4v) is 1.91. The van der Waals surface area contributed by atoms with E-state index >= 15 is 0 Å². The molecule has 0 radical (unpaired) electrons. The summed E-state index contributed by atoms with van der Waals surface area (Å²) in [7, 11) is 0. The number of amides is 2. The summed E-state index contributed by atoms with van der Waals surface area (Å²) in [5, 5.41) is 8.25. The van der Waals surface area contributed by atoms with Crippen LogP contribution < -0.4 is 4.90 Å². The second-order valence-corrected chi connectivity index (χ2v) is 4.40. The van der Waals surface area contributed by atoms with Gasteiger partial charge in [-0.05, 0) is 24.3 Å². The van der Waals surface area contributed by atoms with Gasteiger partial charge in [-0.3, -0.25) is 9.59 Å². The summed E-state index contributed by atoms with van der Waals surface area (Å²) in [5.74, 6) is -0.713. The van der Waals surface area contributed by atoms with E-state index in [2.05, 4.69) is 10.2 Å². The molecule has 0 spiro atoms. The summed E-state index contributed by atoms with van der Waals surface area (Å²) in [5.41, 5.74) is 1.59. The molecule has 2 aromatic rings. The largest absolute Gasteiger partial charge is 0.274 e. The van der Waals surface area contributed by atoms with E-state index in [4.69, 9.17) is 0 Å². The van der Waals surface area contributed by atoms with Crippen molar-refractivity contribution < 1.29 is 9.59 Å². The number of hydrogen-bond donors (Lipinski definition) is 0. The van der Waals surface area contributed by atoms with Gasteiger partial charge in [-0.1, -0.05) is 30.3 Å². The number of carbonyl (C=O) groups is 2. The molecule has 0 bridgehead atoms. The molecule has 21 heavy (non-hydrogen) atoms. The van der Waals surface area contributed by atoms with E-state index in [1.165, 1.54) is 13.8 Å². The van der Waals surface area contributed by atoms with Crippen LogP contribution in [0, 0.1) is 0 Å². The standard InChI is InChI=1S/C16H15N3O2/c1-12(20)19(13(2)21)16-11-7-6-10-15(16)18-17-14-8-4-3-5-9-14/h3-11H,1-2H3. The number of nitrogens with zero attached hydrogens (tertiary/aromatic N) is 3. The van der Waals surface area contributed by atoms with Gasteiger partial charge in [0.25, 0.3) is 0 Å². The van der Waals surface area contributed by atoms with E-state index in [-0.39, 0.29) is 11.8 Å². The monoisotopic (exact) mass is 281 g/mol. The Morgan fingerprint density at radius 1 is 0.810 bits per heavy atom. The Hall–Kier alpha value is -2.82. The van der Waals surface area contributed by atoms with Crippen LogP contribution in [0.3, 0.4) is 0 Å². The second-order valence-electron chi connectivity index (χ2n) is 4.40. The molecule has 0 heterocycles. The maximum Gasteiger partial charge on any atom is 0.230 e. The van der Waals surface area contributed by atoms with E-state index in [1.807, 2.05) is 30.3 Å². The highest BCUT2D eigenvalue weighted by molar-refractivity contribution is 6.14. The molecule has 0 fully saturated rings. The highest BCUT2D eigenvalue weighted by atomic mass is 16.2. The van der Waals surface area contributed by atoms with Gasteiger partial charge in [-0.15, -0.1) is 5.11 Å². The number of rotatable bonds is 3. The molecule has 0 aliphatic carbocycles. The summed E-state index contributed by atoms with van der Waals surface area (Å²) in [6.45, 7) is 2.68. The molecule has 0 unspecified atom stereocenters. The zero-order chi connectivity index (χ0) is 15.2. The molecular weight excluding hydrogens is 266 g/mol. The van der Waals surface area contributed by atoms with Crippen molar-refractivity contribution >= 4 is 28.9 Å². The van der Waals surface area contributed by atoms with Crippen LogP contribution in [0.1, 0.15) is 13.8 Å². The van der Waals surface area contributed by atoms with E-state index in [0.717, 1.165) is 4.90 Å². The molecule has 5 nitrogen and oxygen atoms in total. The molecule has 2 amide bonds. The number of carbonyl (C=O) groups excluding carboxylic acids is 2. The van der Waals surface area contributed by atoms with Crippen molar-refractivity contribution in [1.82, 2.24) is 0 Å². The molecule has 2 rings (SSSR count). The molecule has 0 N–H and O–H groups in total. The SMILES string of the molecule is CC(=O)N(C(C)=O)c1ccccc1N=Nc1ccccc1. The first-order valence-electron chi connectivity index (χ1n) is 6.46. The minimum atomic E-state index is -0.357. The van der Waals surface area contributed by atoms with Gasteiger partial charge in [0, 0.05) is 13.8 Å². The molecule has 0 saturated heterocycles. The van der Waals surface area contributed by atoms with Gasteiger partial charge in [-0.25, -0.2) is 4.90 Å². The van der Waals surface area contributed by atoms with E-state index in [1.54, 1.807) is 24.3 Å². The van der Waals surface area contributed by atoms with Crippen molar-refractivity contribution in [1.29, 1.82) is 0 Å².